The highest BCUT2D eigenvalue weighted by molar-refractivity contribution is 7.80. The molecule has 0 radical (unpaired) electrons. The molecule has 4 heterocycles. The monoisotopic (exact) mass is 507 g/mol. The molecule has 2 aromatic rings. The average molecular weight is 508 g/mol. The predicted molar refractivity (Wildman–Crippen MR) is 151 cm³/mol. The van der Waals surface area contributed by atoms with E-state index in [-0.39, 0.29) is 6.04 Å². The van der Waals surface area contributed by atoms with Gasteiger partial charge in [-0.25, -0.2) is 0 Å². The maximum absolute atomic E-state index is 6.01. The maximum Gasteiger partial charge on any atom is 0.167 e. The molecule has 3 saturated heterocycles. The second-order valence-corrected chi connectivity index (χ2v) is 11.5. The van der Waals surface area contributed by atoms with Crippen molar-refractivity contribution in [1.29, 1.82) is 0 Å². The van der Waals surface area contributed by atoms with Gasteiger partial charge < -0.3 is 20.3 Å². The van der Waals surface area contributed by atoms with Crippen LogP contribution in [0.25, 0.3) is 10.9 Å². The molecule has 4 aliphatic rings. The summed E-state index contributed by atoms with van der Waals surface area (Å²) in [5.74, 6) is 2.12. The van der Waals surface area contributed by atoms with E-state index in [0.717, 1.165) is 47.7 Å². The molecule has 0 spiro atoms. The number of pyridine rings is 1. The molecule has 1 aromatic heterocycles. The Hall–Kier alpha value is -2.22. The van der Waals surface area contributed by atoms with Gasteiger partial charge in [0.25, 0.3) is 0 Å². The van der Waals surface area contributed by atoms with Gasteiger partial charge in [0.2, 0.25) is 0 Å². The molecule has 7 heteroatoms. The van der Waals surface area contributed by atoms with Crippen molar-refractivity contribution in [2.45, 2.75) is 62.7 Å². The van der Waals surface area contributed by atoms with Gasteiger partial charge in [-0.05, 0) is 100 Å². The number of nitrogens with one attached hydrogen (secondary N) is 2. The molecule has 2 bridgehead atoms. The summed E-state index contributed by atoms with van der Waals surface area (Å²) in [6.07, 6.45) is 11.4. The topological polar surface area (TPSA) is 52.7 Å². The summed E-state index contributed by atoms with van der Waals surface area (Å²) in [5.41, 5.74) is 2.22. The Morgan fingerprint density at radius 1 is 1.25 bits per heavy atom. The lowest BCUT2D eigenvalue weighted by Gasteiger charge is -2.52. The van der Waals surface area contributed by atoms with E-state index in [1.807, 2.05) is 12.3 Å². The third kappa shape index (κ3) is 5.11. The number of ether oxygens (including phenoxy) is 1. The van der Waals surface area contributed by atoms with Crippen molar-refractivity contribution in [3.63, 3.8) is 0 Å². The normalized spacial score (nSPS) is 30.7. The van der Waals surface area contributed by atoms with Crippen LogP contribution in [0.1, 0.15) is 50.1 Å². The van der Waals surface area contributed by atoms with E-state index in [1.54, 1.807) is 7.11 Å². The van der Waals surface area contributed by atoms with Crippen LogP contribution in [-0.2, 0) is 0 Å². The fourth-order valence-electron chi connectivity index (χ4n) is 6.90. The van der Waals surface area contributed by atoms with Crippen LogP contribution in [0, 0.1) is 11.8 Å². The van der Waals surface area contributed by atoms with Crippen LogP contribution in [0.5, 0.6) is 5.75 Å². The molecule has 1 aromatic carbocycles. The molecule has 7 unspecified atom stereocenters. The Kier molecular flexibility index (Phi) is 7.79. The van der Waals surface area contributed by atoms with Gasteiger partial charge in [0.05, 0.1) is 18.7 Å². The first-order valence-electron chi connectivity index (χ1n) is 13.5. The molecule has 194 valence electrons. The fourth-order valence-corrected chi connectivity index (χ4v) is 7.18. The highest BCUT2D eigenvalue weighted by Gasteiger charge is 2.43. The van der Waals surface area contributed by atoms with E-state index in [9.17, 15) is 0 Å². The zero-order valence-corrected chi connectivity index (χ0v) is 22.8. The zero-order valence-electron chi connectivity index (χ0n) is 22.0. The molecule has 7 atom stereocenters. The van der Waals surface area contributed by atoms with Crippen LogP contribution in [0.15, 0.2) is 43.1 Å². The SMILES string of the molecule is C=CC1CN2CCC1CC2C(NC(=S)NC1CCCCC1N(C)C)c1ccnc2ccc(OC)cc12. The molecule has 3 aliphatic heterocycles. The number of nitrogens with zero attached hydrogens (tertiary/aromatic N) is 3. The molecule has 36 heavy (non-hydrogen) atoms. The molecule has 1 saturated carbocycles. The summed E-state index contributed by atoms with van der Waals surface area (Å²) < 4.78 is 5.58. The van der Waals surface area contributed by atoms with Crippen LogP contribution in [0.3, 0.4) is 0 Å². The van der Waals surface area contributed by atoms with Crippen molar-refractivity contribution in [3.05, 3.63) is 48.7 Å². The Balaban J connectivity index is 1.46. The highest BCUT2D eigenvalue weighted by atomic mass is 32.1. The number of benzene rings is 1. The third-order valence-corrected chi connectivity index (χ3v) is 9.09. The number of piperidine rings is 3. The number of likely N-dealkylation sites (N-methyl/N-ethyl adjacent to an activating group) is 1. The minimum absolute atomic E-state index is 0.0672. The maximum atomic E-state index is 6.01. The average Bonchev–Trinajstić information content (AvgIpc) is 2.91. The number of hydrogen-bond acceptors (Lipinski definition) is 5. The summed E-state index contributed by atoms with van der Waals surface area (Å²) >= 11 is 6.01. The Morgan fingerprint density at radius 3 is 2.81 bits per heavy atom. The zero-order chi connectivity index (χ0) is 25.2. The van der Waals surface area contributed by atoms with Crippen LogP contribution < -0.4 is 15.4 Å². The molecule has 6 nitrogen and oxygen atoms in total. The summed E-state index contributed by atoms with van der Waals surface area (Å²) in [7, 11) is 6.09. The molecular formula is C29H41N5OS. The van der Waals surface area contributed by atoms with E-state index >= 15 is 0 Å². The van der Waals surface area contributed by atoms with Crippen molar-refractivity contribution in [3.8, 4) is 5.75 Å². The number of fused-ring (bicyclic) bond motifs is 4. The largest absolute Gasteiger partial charge is 0.497 e. The molecular weight excluding hydrogens is 466 g/mol. The second kappa shape index (κ2) is 11.0. The van der Waals surface area contributed by atoms with Crippen LogP contribution >= 0.6 is 12.2 Å². The van der Waals surface area contributed by atoms with Crippen molar-refractivity contribution >= 4 is 28.2 Å². The Labute approximate surface area is 221 Å². The molecule has 6 rings (SSSR count). The first-order chi connectivity index (χ1) is 17.5. The lowest BCUT2D eigenvalue weighted by atomic mass is 9.73. The highest BCUT2D eigenvalue weighted by Crippen LogP contribution is 2.42. The Bertz CT molecular complexity index is 1090. The molecule has 2 N–H and O–H groups in total. The quantitative estimate of drug-likeness (QED) is 0.422. The molecule has 1 aliphatic carbocycles. The van der Waals surface area contributed by atoms with Crippen molar-refractivity contribution in [1.82, 2.24) is 25.4 Å². The number of hydrogen-bond donors (Lipinski definition) is 2. The van der Waals surface area contributed by atoms with Crippen LogP contribution in [0.2, 0.25) is 0 Å². The summed E-state index contributed by atoms with van der Waals surface area (Å²) in [5, 5.41) is 9.44. The van der Waals surface area contributed by atoms with Gasteiger partial charge in [0, 0.05) is 36.3 Å². The number of aromatic nitrogens is 1. The minimum atomic E-state index is 0.0672. The van der Waals surface area contributed by atoms with Gasteiger partial charge in [-0.15, -0.1) is 6.58 Å². The smallest absolute Gasteiger partial charge is 0.167 e. The molecule has 0 amide bonds. The lowest BCUT2D eigenvalue weighted by molar-refractivity contribution is 0.00423. The standard InChI is InChI=1S/C29H41N5OS/c1-5-19-18-34-15-13-20(19)16-27(34)28(22-12-14-30-24-11-10-21(35-4)17-23(22)24)32-29(36)31-25-8-6-7-9-26(25)33(2)3/h5,10-12,14,17,19-20,25-28H,1,6-9,13,15-16,18H2,2-4H3,(H2,31,32,36). The van der Waals surface area contributed by atoms with Crippen molar-refractivity contribution < 1.29 is 4.74 Å². The van der Waals surface area contributed by atoms with Gasteiger partial charge in [-0.2, -0.15) is 0 Å². The van der Waals surface area contributed by atoms with Crippen LogP contribution in [-0.4, -0.2) is 72.3 Å². The van der Waals surface area contributed by atoms with Crippen molar-refractivity contribution in [2.24, 2.45) is 11.8 Å². The first kappa shape index (κ1) is 25.4. The Morgan fingerprint density at radius 2 is 2.08 bits per heavy atom. The summed E-state index contributed by atoms with van der Waals surface area (Å²) in [4.78, 5) is 9.66. The number of thiocarbonyl (C=S) groups is 1. The third-order valence-electron chi connectivity index (χ3n) is 8.85. The predicted octanol–water partition coefficient (Wildman–Crippen LogP) is 4.52. The van der Waals surface area contributed by atoms with Gasteiger partial charge in [0.15, 0.2) is 5.11 Å². The number of methoxy groups -OCH3 is 1. The van der Waals surface area contributed by atoms with E-state index in [2.05, 4.69) is 70.4 Å². The van der Waals surface area contributed by atoms with E-state index in [4.69, 9.17) is 17.0 Å². The van der Waals surface area contributed by atoms with Gasteiger partial charge >= 0.3 is 0 Å². The summed E-state index contributed by atoms with van der Waals surface area (Å²) in [6.45, 7) is 6.34. The van der Waals surface area contributed by atoms with E-state index < -0.39 is 0 Å². The van der Waals surface area contributed by atoms with E-state index in [0.29, 0.717) is 30.0 Å². The van der Waals surface area contributed by atoms with Crippen molar-refractivity contribution in [2.75, 3.05) is 34.3 Å². The summed E-state index contributed by atoms with van der Waals surface area (Å²) in [6, 6.07) is 9.64. The lowest BCUT2D eigenvalue weighted by Crippen LogP contribution is -2.59. The van der Waals surface area contributed by atoms with E-state index in [1.165, 1.54) is 31.2 Å². The van der Waals surface area contributed by atoms with Crippen LogP contribution in [0.4, 0.5) is 0 Å². The fraction of sp³-hybridized carbons (Fsp3) is 0.586. The first-order valence-corrected chi connectivity index (χ1v) is 13.9. The molecule has 4 fully saturated rings. The minimum Gasteiger partial charge on any atom is -0.497 e. The van der Waals surface area contributed by atoms with Gasteiger partial charge in [-0.1, -0.05) is 18.9 Å². The number of rotatable bonds is 7. The van der Waals surface area contributed by atoms with Gasteiger partial charge in [0.1, 0.15) is 5.75 Å². The van der Waals surface area contributed by atoms with Gasteiger partial charge in [-0.3, -0.25) is 9.88 Å². The second-order valence-electron chi connectivity index (χ2n) is 11.0.